The Morgan fingerprint density at radius 1 is 1.13 bits per heavy atom. The van der Waals surface area contributed by atoms with E-state index in [1.54, 1.807) is 6.92 Å². The summed E-state index contributed by atoms with van der Waals surface area (Å²) in [6.07, 6.45) is -0.156. The number of likely N-dealkylation sites (N-methyl/N-ethyl adjacent to an activating group) is 1. The van der Waals surface area contributed by atoms with Crippen molar-refractivity contribution in [2.24, 2.45) is 0 Å². The molecule has 1 atom stereocenters. The van der Waals surface area contributed by atoms with Gasteiger partial charge in [-0.05, 0) is 57.1 Å². The summed E-state index contributed by atoms with van der Waals surface area (Å²) in [4.78, 5) is 32.9. The Morgan fingerprint density at radius 3 is 2.58 bits per heavy atom. The largest absolute Gasteiger partial charge is 0.449 e. The van der Waals surface area contributed by atoms with Crippen molar-refractivity contribution < 1.29 is 14.3 Å². The van der Waals surface area contributed by atoms with E-state index in [4.69, 9.17) is 9.72 Å². The van der Waals surface area contributed by atoms with Gasteiger partial charge in [-0.15, -0.1) is 0 Å². The van der Waals surface area contributed by atoms with Crippen molar-refractivity contribution >= 4 is 28.5 Å². The first-order chi connectivity index (χ1) is 14.8. The second-order valence-corrected chi connectivity index (χ2v) is 8.33. The first-order valence-corrected chi connectivity index (χ1v) is 10.5. The third-order valence-electron chi connectivity index (χ3n) is 5.58. The van der Waals surface area contributed by atoms with Crippen LogP contribution in [0.1, 0.15) is 39.7 Å². The molecule has 2 aromatic carbocycles. The Morgan fingerprint density at radius 2 is 1.84 bits per heavy atom. The standard InChI is InChI=1S/C25H27N3O3/c1-15-11-16(2)13-18(12-15)26-24(29)17(3)31-25(30)23-19-7-5-6-8-21(19)27-22-9-10-28(4)14-20(22)23/h5-8,11-13,17H,9-10,14H2,1-4H3,(H,26,29). The van der Waals surface area contributed by atoms with Crippen LogP contribution >= 0.6 is 0 Å². The lowest BCUT2D eigenvalue weighted by atomic mass is 9.96. The molecule has 0 bridgehead atoms. The van der Waals surface area contributed by atoms with Crippen LogP contribution in [-0.4, -0.2) is 41.5 Å². The summed E-state index contributed by atoms with van der Waals surface area (Å²) in [5.74, 6) is -0.851. The summed E-state index contributed by atoms with van der Waals surface area (Å²) in [6.45, 7) is 7.06. The third-order valence-corrected chi connectivity index (χ3v) is 5.58. The van der Waals surface area contributed by atoms with Gasteiger partial charge in [0.15, 0.2) is 6.10 Å². The predicted molar refractivity (Wildman–Crippen MR) is 121 cm³/mol. The number of para-hydroxylation sites is 1. The van der Waals surface area contributed by atoms with E-state index < -0.39 is 12.1 Å². The van der Waals surface area contributed by atoms with Crippen molar-refractivity contribution in [2.45, 2.75) is 39.8 Å². The second-order valence-electron chi connectivity index (χ2n) is 8.33. The Labute approximate surface area is 182 Å². The van der Waals surface area contributed by atoms with E-state index in [2.05, 4.69) is 10.2 Å². The molecular formula is C25H27N3O3. The summed E-state index contributed by atoms with van der Waals surface area (Å²) in [6, 6.07) is 13.4. The average molecular weight is 418 g/mol. The summed E-state index contributed by atoms with van der Waals surface area (Å²) in [7, 11) is 2.02. The molecule has 1 amide bonds. The van der Waals surface area contributed by atoms with Crippen molar-refractivity contribution in [2.75, 3.05) is 18.9 Å². The van der Waals surface area contributed by atoms with Gasteiger partial charge < -0.3 is 15.0 Å². The summed E-state index contributed by atoms with van der Waals surface area (Å²) in [5.41, 5.74) is 5.90. The van der Waals surface area contributed by atoms with Crippen LogP contribution in [0, 0.1) is 13.8 Å². The van der Waals surface area contributed by atoms with E-state index >= 15 is 0 Å². The van der Waals surface area contributed by atoms with Gasteiger partial charge in [0.2, 0.25) is 0 Å². The summed E-state index contributed by atoms with van der Waals surface area (Å²) < 4.78 is 5.64. The lowest BCUT2D eigenvalue weighted by Gasteiger charge is -2.27. The molecule has 0 spiro atoms. The molecule has 1 aromatic heterocycles. The van der Waals surface area contributed by atoms with Crippen LogP contribution in [0.3, 0.4) is 0 Å². The van der Waals surface area contributed by atoms with E-state index in [0.717, 1.165) is 46.3 Å². The average Bonchev–Trinajstić information content (AvgIpc) is 2.71. The highest BCUT2D eigenvalue weighted by atomic mass is 16.5. The Kier molecular flexibility index (Phi) is 5.74. The molecule has 0 saturated heterocycles. The summed E-state index contributed by atoms with van der Waals surface area (Å²) in [5, 5.41) is 3.60. The van der Waals surface area contributed by atoms with Gasteiger partial charge in [0.1, 0.15) is 0 Å². The number of aryl methyl sites for hydroxylation is 2. The number of carbonyl (C=O) groups is 2. The van der Waals surface area contributed by atoms with Gasteiger partial charge in [-0.25, -0.2) is 4.79 Å². The molecule has 6 nitrogen and oxygen atoms in total. The molecule has 6 heteroatoms. The normalized spacial score (nSPS) is 14.7. The molecule has 4 rings (SSSR count). The van der Waals surface area contributed by atoms with Crippen molar-refractivity contribution in [3.63, 3.8) is 0 Å². The maximum Gasteiger partial charge on any atom is 0.339 e. The molecule has 0 aliphatic carbocycles. The number of carbonyl (C=O) groups excluding carboxylic acids is 2. The second kappa shape index (κ2) is 8.47. The van der Waals surface area contributed by atoms with Crippen LogP contribution < -0.4 is 5.32 Å². The van der Waals surface area contributed by atoms with Crippen LogP contribution in [0.15, 0.2) is 42.5 Å². The van der Waals surface area contributed by atoms with Crippen molar-refractivity contribution in [3.05, 3.63) is 70.4 Å². The minimum absolute atomic E-state index is 0.359. The highest BCUT2D eigenvalue weighted by Crippen LogP contribution is 2.28. The Hall–Kier alpha value is -3.25. The quantitative estimate of drug-likeness (QED) is 0.649. The number of benzene rings is 2. The molecule has 0 fully saturated rings. The SMILES string of the molecule is Cc1cc(C)cc(NC(=O)C(C)OC(=O)c2c3c(nc4ccccc24)CCN(C)C3)c1. The molecule has 1 N–H and O–H groups in total. The third kappa shape index (κ3) is 4.44. The molecular weight excluding hydrogens is 390 g/mol. The van der Waals surface area contributed by atoms with Crippen LogP contribution in [0.5, 0.6) is 0 Å². The predicted octanol–water partition coefficient (Wildman–Crippen LogP) is 4.02. The van der Waals surface area contributed by atoms with E-state index in [1.807, 2.05) is 63.4 Å². The lowest BCUT2D eigenvalue weighted by molar-refractivity contribution is -0.123. The van der Waals surface area contributed by atoms with Gasteiger partial charge in [0.25, 0.3) is 5.91 Å². The topological polar surface area (TPSA) is 71.5 Å². The van der Waals surface area contributed by atoms with Gasteiger partial charge in [0.05, 0.1) is 11.1 Å². The van der Waals surface area contributed by atoms with Crippen molar-refractivity contribution in [1.82, 2.24) is 9.88 Å². The lowest BCUT2D eigenvalue weighted by Crippen LogP contribution is -2.32. The number of rotatable bonds is 4. The Balaban J connectivity index is 1.60. The highest BCUT2D eigenvalue weighted by Gasteiger charge is 2.27. The van der Waals surface area contributed by atoms with Crippen LogP contribution in [0.25, 0.3) is 10.9 Å². The zero-order valence-electron chi connectivity index (χ0n) is 18.4. The fourth-order valence-corrected chi connectivity index (χ4v) is 4.12. The van der Waals surface area contributed by atoms with E-state index in [1.165, 1.54) is 0 Å². The molecule has 3 aromatic rings. The first kappa shape index (κ1) is 21.0. The number of esters is 1. The molecule has 1 aliphatic heterocycles. The number of hydrogen-bond donors (Lipinski definition) is 1. The van der Waals surface area contributed by atoms with E-state index in [0.29, 0.717) is 17.8 Å². The molecule has 1 unspecified atom stereocenters. The number of amides is 1. The minimum Gasteiger partial charge on any atom is -0.449 e. The number of nitrogens with one attached hydrogen (secondary N) is 1. The highest BCUT2D eigenvalue weighted by molar-refractivity contribution is 6.06. The smallest absolute Gasteiger partial charge is 0.339 e. The van der Waals surface area contributed by atoms with Gasteiger partial charge in [-0.1, -0.05) is 24.3 Å². The number of fused-ring (bicyclic) bond motifs is 2. The molecule has 160 valence electrons. The number of hydrogen-bond acceptors (Lipinski definition) is 5. The van der Waals surface area contributed by atoms with Crippen LogP contribution in [0.4, 0.5) is 5.69 Å². The van der Waals surface area contributed by atoms with Gasteiger partial charge >= 0.3 is 5.97 Å². The fourth-order valence-electron chi connectivity index (χ4n) is 4.12. The number of ether oxygens (including phenoxy) is 1. The minimum atomic E-state index is -0.933. The van der Waals surface area contributed by atoms with Gasteiger partial charge in [-0.3, -0.25) is 9.78 Å². The van der Waals surface area contributed by atoms with E-state index in [-0.39, 0.29) is 5.91 Å². The van der Waals surface area contributed by atoms with Crippen molar-refractivity contribution in [3.8, 4) is 0 Å². The molecule has 2 heterocycles. The number of nitrogens with zero attached hydrogens (tertiary/aromatic N) is 2. The monoisotopic (exact) mass is 417 g/mol. The molecule has 31 heavy (non-hydrogen) atoms. The number of pyridine rings is 1. The van der Waals surface area contributed by atoms with Gasteiger partial charge in [0, 0.05) is 41.8 Å². The molecule has 0 saturated carbocycles. The van der Waals surface area contributed by atoms with Crippen LogP contribution in [0.2, 0.25) is 0 Å². The number of anilines is 1. The van der Waals surface area contributed by atoms with Crippen LogP contribution in [-0.2, 0) is 22.5 Å². The Bertz CT molecular complexity index is 1150. The maximum absolute atomic E-state index is 13.3. The zero-order valence-corrected chi connectivity index (χ0v) is 18.4. The molecule has 1 aliphatic rings. The maximum atomic E-state index is 13.3. The fraction of sp³-hybridized carbons (Fsp3) is 0.320. The number of aromatic nitrogens is 1. The zero-order chi connectivity index (χ0) is 22.1. The summed E-state index contributed by atoms with van der Waals surface area (Å²) >= 11 is 0. The van der Waals surface area contributed by atoms with Gasteiger partial charge in [-0.2, -0.15) is 0 Å². The van der Waals surface area contributed by atoms with E-state index in [9.17, 15) is 9.59 Å². The van der Waals surface area contributed by atoms with Crippen molar-refractivity contribution in [1.29, 1.82) is 0 Å². The molecule has 0 radical (unpaired) electrons. The first-order valence-electron chi connectivity index (χ1n) is 10.5.